The van der Waals surface area contributed by atoms with Gasteiger partial charge in [0.2, 0.25) is 11.8 Å². The van der Waals surface area contributed by atoms with E-state index in [0.717, 1.165) is 16.7 Å². The van der Waals surface area contributed by atoms with E-state index in [2.05, 4.69) is 5.32 Å². The lowest BCUT2D eigenvalue weighted by atomic mass is 9.74. The number of carbonyl (C=O) groups is 4. The van der Waals surface area contributed by atoms with Crippen molar-refractivity contribution in [2.45, 2.75) is 69.0 Å². The van der Waals surface area contributed by atoms with Crippen molar-refractivity contribution in [3.05, 3.63) is 125 Å². The summed E-state index contributed by atoms with van der Waals surface area (Å²) >= 11 is 0. The standard InChI is InChI=1S/C43H47N3O8/c1-27-14-13-15-28(2)37(27)45-23-12-6-11-20-34(48)44-32(26-52-3)38(30-18-9-5-10-19-30)53-42(51)35-33-21-22-43(54-33)36(35)40(49)46(39(43)41(45)50)31(25-47)24-29-16-7-4-8-17-29/h4-10,12-19,21-22,31-33,35-36,38-39,47H,11,20,23-26H2,1-3H3,(H,44,48)/b12-6-/t31-,32-,33+,35-,36-,38-,39+,43-/m1/s1. The number of rotatable bonds is 8. The van der Waals surface area contributed by atoms with Crippen LogP contribution in [-0.2, 0) is 39.8 Å². The molecule has 0 aliphatic carbocycles. The Balaban J connectivity index is 1.37. The van der Waals surface area contributed by atoms with Crippen LogP contribution in [0.25, 0.3) is 0 Å². The van der Waals surface area contributed by atoms with E-state index in [-0.39, 0.29) is 31.9 Å². The van der Waals surface area contributed by atoms with Crippen molar-refractivity contribution in [3.8, 4) is 0 Å². The summed E-state index contributed by atoms with van der Waals surface area (Å²) in [5.41, 5.74) is 2.42. The molecule has 2 fully saturated rings. The number of carbonyl (C=O) groups excluding carboxylic acids is 4. The van der Waals surface area contributed by atoms with Gasteiger partial charge in [-0.25, -0.2) is 0 Å². The molecule has 54 heavy (non-hydrogen) atoms. The summed E-state index contributed by atoms with van der Waals surface area (Å²) in [4.78, 5) is 61.6. The normalized spacial score (nSPS) is 29.6. The van der Waals surface area contributed by atoms with Crippen LogP contribution in [0.1, 0.15) is 41.2 Å². The molecule has 11 heteroatoms. The van der Waals surface area contributed by atoms with Crippen LogP contribution in [0.4, 0.5) is 5.69 Å². The number of ether oxygens (including phenoxy) is 3. The minimum Gasteiger partial charge on any atom is -0.455 e. The number of para-hydroxylation sites is 1. The number of nitrogens with one attached hydrogen (secondary N) is 1. The predicted octanol–water partition coefficient (Wildman–Crippen LogP) is 4.16. The minimum absolute atomic E-state index is 0.0535. The van der Waals surface area contributed by atoms with E-state index in [1.165, 1.54) is 12.0 Å². The Morgan fingerprint density at radius 3 is 2.31 bits per heavy atom. The summed E-state index contributed by atoms with van der Waals surface area (Å²) in [7, 11) is 1.51. The van der Waals surface area contributed by atoms with E-state index in [4.69, 9.17) is 14.2 Å². The SMILES string of the molecule is COC[C@H]1NC(=O)CC/C=C\CN(c2c(C)cccc2C)C(=O)[C@@H]2N([C@@H](CO)Cc3ccccc3)C(=O)[C@H]3[C@H](C(=O)O[C@@H]1c1ccccc1)[C@@H]1C=C[C@]23O1. The average Bonchev–Trinajstić information content (AvgIpc) is 3.82. The van der Waals surface area contributed by atoms with Gasteiger partial charge in [0, 0.05) is 25.8 Å². The quantitative estimate of drug-likeness (QED) is 0.261. The van der Waals surface area contributed by atoms with E-state index in [0.29, 0.717) is 17.7 Å². The molecule has 4 aliphatic rings. The number of hydrogen-bond donors (Lipinski definition) is 2. The molecule has 1 spiro atoms. The second kappa shape index (κ2) is 15.7. The number of benzene rings is 3. The molecule has 5 bridgehead atoms. The first-order chi connectivity index (χ1) is 26.2. The molecule has 2 saturated heterocycles. The third kappa shape index (κ3) is 6.76. The first-order valence-electron chi connectivity index (χ1n) is 18.6. The number of aliphatic hydroxyl groups is 1. The summed E-state index contributed by atoms with van der Waals surface area (Å²) in [6, 6.07) is 21.6. The second-order valence-electron chi connectivity index (χ2n) is 14.6. The average molecular weight is 734 g/mol. The zero-order chi connectivity index (χ0) is 38.0. The fraction of sp³-hybridized carbons (Fsp3) is 0.395. The molecular formula is C43H47N3O8. The van der Waals surface area contributed by atoms with Gasteiger partial charge in [0.05, 0.1) is 37.3 Å². The summed E-state index contributed by atoms with van der Waals surface area (Å²) in [6.45, 7) is 3.64. The number of nitrogens with zero attached hydrogens (tertiary/aromatic N) is 2. The number of aryl methyl sites for hydroxylation is 2. The Morgan fingerprint density at radius 1 is 0.926 bits per heavy atom. The molecule has 0 saturated carbocycles. The molecule has 8 atom stereocenters. The van der Waals surface area contributed by atoms with E-state index < -0.39 is 72.2 Å². The molecule has 0 aromatic heterocycles. The van der Waals surface area contributed by atoms with Crippen molar-refractivity contribution in [1.29, 1.82) is 0 Å². The predicted molar refractivity (Wildman–Crippen MR) is 201 cm³/mol. The zero-order valence-electron chi connectivity index (χ0n) is 30.8. The molecule has 7 rings (SSSR count). The van der Waals surface area contributed by atoms with Crippen molar-refractivity contribution >= 4 is 29.4 Å². The van der Waals surface area contributed by atoms with Gasteiger partial charge in [-0.1, -0.05) is 103 Å². The fourth-order valence-electron chi connectivity index (χ4n) is 8.76. The zero-order valence-corrected chi connectivity index (χ0v) is 30.8. The summed E-state index contributed by atoms with van der Waals surface area (Å²) in [5, 5.41) is 14.0. The third-order valence-corrected chi connectivity index (χ3v) is 11.1. The monoisotopic (exact) mass is 733 g/mol. The fourth-order valence-corrected chi connectivity index (χ4v) is 8.76. The van der Waals surface area contributed by atoms with Gasteiger partial charge in [-0.2, -0.15) is 0 Å². The van der Waals surface area contributed by atoms with E-state index in [1.54, 1.807) is 17.1 Å². The number of allylic oxidation sites excluding steroid dienone is 1. The van der Waals surface area contributed by atoms with Crippen LogP contribution < -0.4 is 10.2 Å². The molecule has 0 radical (unpaired) electrons. The summed E-state index contributed by atoms with van der Waals surface area (Å²) in [5.74, 6) is -4.03. The van der Waals surface area contributed by atoms with Gasteiger partial charge < -0.3 is 34.4 Å². The van der Waals surface area contributed by atoms with Crippen LogP contribution in [0.3, 0.4) is 0 Å². The molecule has 282 valence electrons. The van der Waals surface area contributed by atoms with Crippen LogP contribution in [-0.4, -0.2) is 90.4 Å². The van der Waals surface area contributed by atoms with Gasteiger partial charge in [0.1, 0.15) is 23.7 Å². The molecule has 4 aliphatic heterocycles. The Hall–Kier alpha value is -5.10. The number of hydrogen-bond acceptors (Lipinski definition) is 8. The molecule has 3 aromatic carbocycles. The number of anilines is 1. The van der Waals surface area contributed by atoms with E-state index in [1.807, 2.05) is 105 Å². The van der Waals surface area contributed by atoms with Crippen LogP contribution >= 0.6 is 0 Å². The van der Waals surface area contributed by atoms with Gasteiger partial charge in [0.25, 0.3) is 5.91 Å². The van der Waals surface area contributed by atoms with Gasteiger partial charge in [0.15, 0.2) is 0 Å². The van der Waals surface area contributed by atoms with E-state index >= 15 is 9.59 Å². The maximum absolute atomic E-state index is 15.4. The first-order valence-corrected chi connectivity index (χ1v) is 18.6. The highest BCUT2D eigenvalue weighted by molar-refractivity contribution is 6.06. The topological polar surface area (TPSA) is 135 Å². The highest BCUT2D eigenvalue weighted by Gasteiger charge is 2.74. The minimum atomic E-state index is -1.51. The van der Waals surface area contributed by atoms with Crippen LogP contribution in [0.2, 0.25) is 0 Å². The summed E-state index contributed by atoms with van der Waals surface area (Å²) in [6.07, 6.45) is 6.24. The van der Waals surface area contributed by atoms with Crippen LogP contribution in [0.5, 0.6) is 0 Å². The van der Waals surface area contributed by atoms with Crippen molar-refractivity contribution < 1.29 is 38.5 Å². The summed E-state index contributed by atoms with van der Waals surface area (Å²) < 4.78 is 18.6. The Labute approximate surface area is 315 Å². The van der Waals surface area contributed by atoms with Gasteiger partial charge in [-0.3, -0.25) is 19.2 Å². The number of fused-ring (bicyclic) bond motifs is 2. The Morgan fingerprint density at radius 2 is 1.63 bits per heavy atom. The number of aliphatic hydroxyl groups excluding tert-OH is 1. The largest absolute Gasteiger partial charge is 0.455 e. The van der Waals surface area contributed by atoms with Crippen molar-refractivity contribution in [3.63, 3.8) is 0 Å². The molecule has 0 unspecified atom stereocenters. The van der Waals surface area contributed by atoms with Crippen LogP contribution in [0, 0.1) is 25.7 Å². The van der Waals surface area contributed by atoms with Gasteiger partial charge in [-0.05, 0) is 48.9 Å². The maximum atomic E-state index is 15.4. The Kier molecular flexibility index (Phi) is 10.8. The molecule has 3 amide bonds. The number of cyclic esters (lactones) is 1. The lowest BCUT2D eigenvalue weighted by Gasteiger charge is -2.39. The number of amides is 3. The van der Waals surface area contributed by atoms with Crippen molar-refractivity contribution in [2.75, 3.05) is 31.8 Å². The molecule has 3 aromatic rings. The Bertz CT molecular complexity index is 1910. The number of methoxy groups -OCH3 is 1. The molecule has 2 N–H and O–H groups in total. The molecule has 4 heterocycles. The number of likely N-dealkylation sites (tertiary alicyclic amines) is 1. The maximum Gasteiger partial charge on any atom is 0.313 e. The first kappa shape index (κ1) is 37.2. The molecular weight excluding hydrogens is 686 g/mol. The second-order valence-corrected chi connectivity index (χ2v) is 14.6. The number of esters is 1. The van der Waals surface area contributed by atoms with Gasteiger partial charge >= 0.3 is 5.97 Å². The van der Waals surface area contributed by atoms with Gasteiger partial charge in [-0.15, -0.1) is 0 Å². The molecule has 11 nitrogen and oxygen atoms in total. The smallest absolute Gasteiger partial charge is 0.313 e. The highest BCUT2D eigenvalue weighted by atomic mass is 16.6. The van der Waals surface area contributed by atoms with Crippen molar-refractivity contribution in [2.24, 2.45) is 11.8 Å². The van der Waals surface area contributed by atoms with Crippen molar-refractivity contribution in [1.82, 2.24) is 10.2 Å². The lowest BCUT2D eigenvalue weighted by Crippen LogP contribution is -2.59. The van der Waals surface area contributed by atoms with Crippen LogP contribution in [0.15, 0.2) is 103 Å². The third-order valence-electron chi connectivity index (χ3n) is 11.1. The van der Waals surface area contributed by atoms with E-state index in [9.17, 15) is 14.7 Å². The highest BCUT2D eigenvalue weighted by Crippen LogP contribution is 2.56. The lowest BCUT2D eigenvalue weighted by molar-refractivity contribution is -0.162.